The van der Waals surface area contributed by atoms with Gasteiger partial charge in [0.15, 0.2) is 0 Å². The quantitative estimate of drug-likeness (QED) is 0.782. The van der Waals surface area contributed by atoms with Gasteiger partial charge in [0.1, 0.15) is 0 Å². The van der Waals surface area contributed by atoms with Crippen molar-refractivity contribution in [2.24, 2.45) is 5.92 Å². The lowest BCUT2D eigenvalue weighted by Gasteiger charge is -2.33. The van der Waals surface area contributed by atoms with Crippen molar-refractivity contribution in [3.63, 3.8) is 0 Å². The minimum Gasteiger partial charge on any atom is -0.308 e. The first-order chi connectivity index (χ1) is 9.25. The Labute approximate surface area is 112 Å². The molecule has 1 aliphatic rings. The summed E-state index contributed by atoms with van der Waals surface area (Å²) < 4.78 is 0. The van der Waals surface area contributed by atoms with Crippen molar-refractivity contribution in [2.45, 2.75) is 13.3 Å². The topological polar surface area (TPSA) is 33.2 Å². The highest BCUT2D eigenvalue weighted by molar-refractivity contribution is 6.06. The van der Waals surface area contributed by atoms with Crippen LogP contribution >= 0.6 is 0 Å². The maximum Gasteiger partial charge on any atom is 0.258 e. The van der Waals surface area contributed by atoms with Crippen LogP contribution in [0.15, 0.2) is 48.8 Å². The molecule has 1 unspecified atom stereocenters. The molecule has 1 amide bonds. The first-order valence-corrected chi connectivity index (χ1v) is 6.55. The maximum absolute atomic E-state index is 12.6. The zero-order valence-corrected chi connectivity index (χ0v) is 10.9. The van der Waals surface area contributed by atoms with Crippen molar-refractivity contribution in [3.05, 3.63) is 59.9 Å². The van der Waals surface area contributed by atoms with Gasteiger partial charge in [0.2, 0.25) is 0 Å². The molecule has 19 heavy (non-hydrogen) atoms. The van der Waals surface area contributed by atoms with Gasteiger partial charge in [0.25, 0.3) is 5.91 Å². The van der Waals surface area contributed by atoms with Gasteiger partial charge < -0.3 is 4.90 Å². The molecule has 0 bridgehead atoms. The van der Waals surface area contributed by atoms with Crippen LogP contribution in [0.1, 0.15) is 22.8 Å². The van der Waals surface area contributed by atoms with E-state index >= 15 is 0 Å². The third-order valence-electron chi connectivity index (χ3n) is 3.52. The number of benzene rings is 1. The minimum atomic E-state index is 0.0569. The average Bonchev–Trinajstić information content (AvgIpc) is 2.46. The predicted octanol–water partition coefficient (Wildman–Crippen LogP) is 2.92. The van der Waals surface area contributed by atoms with Gasteiger partial charge in [-0.3, -0.25) is 9.78 Å². The highest BCUT2D eigenvalue weighted by Crippen LogP contribution is 2.30. The lowest BCUT2D eigenvalue weighted by Crippen LogP contribution is -2.39. The lowest BCUT2D eigenvalue weighted by molar-refractivity contribution is 0.0981. The second-order valence-electron chi connectivity index (χ2n) is 5.09. The second-order valence-corrected chi connectivity index (χ2v) is 5.09. The van der Waals surface area contributed by atoms with Crippen LogP contribution in [-0.4, -0.2) is 17.4 Å². The summed E-state index contributed by atoms with van der Waals surface area (Å²) in [6.07, 6.45) is 4.36. The number of nitrogens with zero attached hydrogens (tertiary/aromatic N) is 2. The van der Waals surface area contributed by atoms with Crippen LogP contribution < -0.4 is 4.90 Å². The number of carbonyl (C=O) groups is 1. The van der Waals surface area contributed by atoms with Crippen molar-refractivity contribution in [1.29, 1.82) is 0 Å². The van der Waals surface area contributed by atoms with Crippen molar-refractivity contribution in [1.82, 2.24) is 4.98 Å². The van der Waals surface area contributed by atoms with Crippen LogP contribution in [-0.2, 0) is 6.42 Å². The zero-order valence-electron chi connectivity index (χ0n) is 10.9. The Bertz CT molecular complexity index is 595. The van der Waals surface area contributed by atoms with E-state index in [2.05, 4.69) is 18.0 Å². The smallest absolute Gasteiger partial charge is 0.258 e. The van der Waals surface area contributed by atoms with E-state index in [9.17, 15) is 4.79 Å². The number of hydrogen-bond donors (Lipinski definition) is 0. The summed E-state index contributed by atoms with van der Waals surface area (Å²) in [5.41, 5.74) is 2.99. The highest BCUT2D eigenvalue weighted by Gasteiger charge is 2.26. The Morgan fingerprint density at radius 1 is 1.21 bits per heavy atom. The Morgan fingerprint density at radius 2 is 1.95 bits per heavy atom. The fourth-order valence-electron chi connectivity index (χ4n) is 2.64. The van der Waals surface area contributed by atoms with Gasteiger partial charge >= 0.3 is 0 Å². The molecular formula is C16H16N2O. The maximum atomic E-state index is 12.6. The standard InChI is InChI=1S/C16H16N2O/c1-12-10-14-4-2-3-5-15(14)18(11-12)16(19)13-6-8-17-9-7-13/h2-9,12H,10-11H2,1H3. The van der Waals surface area contributed by atoms with Gasteiger partial charge in [-0.25, -0.2) is 0 Å². The molecule has 0 aliphatic carbocycles. The molecule has 1 aliphatic heterocycles. The first kappa shape index (κ1) is 11.9. The number of amides is 1. The molecule has 1 aromatic carbocycles. The Morgan fingerprint density at radius 3 is 2.74 bits per heavy atom. The van der Waals surface area contributed by atoms with Crippen LogP contribution in [0.3, 0.4) is 0 Å². The van der Waals surface area contributed by atoms with Crippen LogP contribution in [0.4, 0.5) is 5.69 Å². The van der Waals surface area contributed by atoms with Crippen LogP contribution in [0.25, 0.3) is 0 Å². The van der Waals surface area contributed by atoms with Crippen molar-refractivity contribution < 1.29 is 4.79 Å². The van der Waals surface area contributed by atoms with Crippen molar-refractivity contribution in [2.75, 3.05) is 11.4 Å². The summed E-state index contributed by atoms with van der Waals surface area (Å²) in [4.78, 5) is 18.5. The van der Waals surface area contributed by atoms with Gasteiger partial charge in [0, 0.05) is 30.2 Å². The summed E-state index contributed by atoms with van der Waals surface area (Å²) in [5, 5.41) is 0. The average molecular weight is 252 g/mol. The van der Waals surface area contributed by atoms with E-state index in [1.165, 1.54) is 5.56 Å². The third kappa shape index (κ3) is 2.24. The summed E-state index contributed by atoms with van der Waals surface area (Å²) >= 11 is 0. The fourth-order valence-corrected chi connectivity index (χ4v) is 2.64. The van der Waals surface area contributed by atoms with Gasteiger partial charge in [0.05, 0.1) is 0 Å². The van der Waals surface area contributed by atoms with Gasteiger partial charge in [-0.1, -0.05) is 25.1 Å². The minimum absolute atomic E-state index is 0.0569. The molecule has 96 valence electrons. The molecule has 0 spiro atoms. The molecule has 3 nitrogen and oxygen atoms in total. The van der Waals surface area contributed by atoms with E-state index in [-0.39, 0.29) is 5.91 Å². The fraction of sp³-hybridized carbons (Fsp3) is 0.250. The van der Waals surface area contributed by atoms with E-state index in [1.54, 1.807) is 24.5 Å². The highest BCUT2D eigenvalue weighted by atomic mass is 16.2. The van der Waals surface area contributed by atoms with Gasteiger partial charge in [-0.2, -0.15) is 0 Å². The van der Waals surface area contributed by atoms with Crippen molar-refractivity contribution in [3.8, 4) is 0 Å². The predicted molar refractivity (Wildman–Crippen MR) is 75.2 cm³/mol. The molecule has 0 radical (unpaired) electrons. The Balaban J connectivity index is 1.99. The van der Waals surface area contributed by atoms with Gasteiger partial charge in [-0.15, -0.1) is 0 Å². The molecule has 3 rings (SSSR count). The van der Waals surface area contributed by atoms with Crippen LogP contribution in [0, 0.1) is 5.92 Å². The summed E-state index contributed by atoms with van der Waals surface area (Å²) in [6, 6.07) is 11.7. The molecule has 1 atom stereocenters. The summed E-state index contributed by atoms with van der Waals surface area (Å²) in [6.45, 7) is 2.96. The molecule has 0 saturated heterocycles. The van der Waals surface area contributed by atoms with E-state index < -0.39 is 0 Å². The normalized spacial score (nSPS) is 17.9. The number of hydrogen-bond acceptors (Lipinski definition) is 2. The van der Waals surface area contributed by atoms with Crippen LogP contribution in [0.2, 0.25) is 0 Å². The number of rotatable bonds is 1. The largest absolute Gasteiger partial charge is 0.308 e. The number of fused-ring (bicyclic) bond motifs is 1. The molecular weight excluding hydrogens is 236 g/mol. The third-order valence-corrected chi connectivity index (χ3v) is 3.52. The van der Waals surface area contributed by atoms with E-state index in [0.717, 1.165) is 18.7 Å². The molecule has 0 fully saturated rings. The molecule has 2 aromatic rings. The molecule has 1 aromatic heterocycles. The SMILES string of the molecule is CC1Cc2ccccc2N(C(=O)c2ccncc2)C1. The Kier molecular flexibility index (Phi) is 3.03. The van der Waals surface area contributed by atoms with Crippen LogP contribution in [0.5, 0.6) is 0 Å². The van der Waals surface area contributed by atoms with E-state index in [1.807, 2.05) is 23.1 Å². The van der Waals surface area contributed by atoms with E-state index in [4.69, 9.17) is 0 Å². The van der Waals surface area contributed by atoms with Gasteiger partial charge in [-0.05, 0) is 36.1 Å². The number of para-hydroxylation sites is 1. The number of carbonyl (C=O) groups excluding carboxylic acids is 1. The summed E-state index contributed by atoms with van der Waals surface area (Å²) in [7, 11) is 0. The number of pyridine rings is 1. The molecule has 0 saturated carbocycles. The Hall–Kier alpha value is -2.16. The molecule has 3 heteroatoms. The number of aromatic nitrogens is 1. The monoisotopic (exact) mass is 252 g/mol. The second kappa shape index (κ2) is 4.84. The summed E-state index contributed by atoms with van der Waals surface area (Å²) in [5.74, 6) is 0.544. The van der Waals surface area contributed by atoms with E-state index in [0.29, 0.717) is 11.5 Å². The molecule has 2 heterocycles. The van der Waals surface area contributed by atoms with Crippen molar-refractivity contribution >= 4 is 11.6 Å². The zero-order chi connectivity index (χ0) is 13.2. The lowest BCUT2D eigenvalue weighted by atomic mass is 9.93. The first-order valence-electron chi connectivity index (χ1n) is 6.55. The number of anilines is 1. The molecule has 0 N–H and O–H groups in total.